The lowest BCUT2D eigenvalue weighted by Crippen LogP contribution is -2.10. The van der Waals surface area contributed by atoms with E-state index in [1.54, 1.807) is 0 Å². The van der Waals surface area contributed by atoms with E-state index < -0.39 is 0 Å². The molecule has 3 heterocycles. The molecule has 0 atom stereocenters. The Labute approximate surface area is 150 Å². The first kappa shape index (κ1) is 16.0. The molecule has 1 N–H and O–H groups in total. The van der Waals surface area contributed by atoms with Gasteiger partial charge in [0, 0.05) is 24.2 Å². The number of fused-ring (bicyclic) bond motifs is 1. The zero-order valence-corrected chi connectivity index (χ0v) is 14.8. The number of benzene rings is 1. The van der Waals surface area contributed by atoms with Crippen LogP contribution in [0.15, 0.2) is 41.8 Å². The number of hydrogen-bond acceptors (Lipinski definition) is 4. The monoisotopic (exact) mass is 352 g/mol. The summed E-state index contributed by atoms with van der Waals surface area (Å²) in [4.78, 5) is 12.8. The van der Waals surface area contributed by atoms with E-state index in [4.69, 9.17) is 0 Å². The third-order valence-electron chi connectivity index (χ3n) is 4.51. The minimum atomic E-state index is -0.0738. The van der Waals surface area contributed by atoms with E-state index in [0.29, 0.717) is 4.88 Å². The minimum Gasteiger partial charge on any atom is -0.321 e. The molecule has 0 unspecified atom stereocenters. The van der Waals surface area contributed by atoms with Crippen molar-refractivity contribution >= 4 is 22.9 Å². The van der Waals surface area contributed by atoms with Crippen LogP contribution < -0.4 is 5.32 Å². The number of anilines is 1. The van der Waals surface area contributed by atoms with Crippen LogP contribution in [0.2, 0.25) is 0 Å². The topological polar surface area (TPSA) is 59.8 Å². The molecule has 1 aromatic carbocycles. The number of nitrogens with zero attached hydrogens (tertiary/aromatic N) is 3. The summed E-state index contributed by atoms with van der Waals surface area (Å²) in [5.74, 6) is 1.94. The second-order valence-corrected chi connectivity index (χ2v) is 7.21. The zero-order chi connectivity index (χ0) is 17.1. The van der Waals surface area contributed by atoms with E-state index in [0.717, 1.165) is 35.9 Å². The Hall–Kier alpha value is -2.47. The summed E-state index contributed by atoms with van der Waals surface area (Å²) < 4.78 is 2.25. The molecule has 0 spiro atoms. The minimum absolute atomic E-state index is 0.0738. The summed E-state index contributed by atoms with van der Waals surface area (Å²) in [5.41, 5.74) is 1.82. The summed E-state index contributed by atoms with van der Waals surface area (Å²) >= 11 is 1.44. The van der Waals surface area contributed by atoms with Gasteiger partial charge in [0.05, 0.1) is 4.88 Å². The van der Waals surface area contributed by atoms with Gasteiger partial charge in [0.15, 0.2) is 5.82 Å². The van der Waals surface area contributed by atoms with Gasteiger partial charge in [-0.3, -0.25) is 4.79 Å². The van der Waals surface area contributed by atoms with Gasteiger partial charge in [0.2, 0.25) is 0 Å². The fourth-order valence-electron chi connectivity index (χ4n) is 3.18. The molecule has 0 fully saturated rings. The van der Waals surface area contributed by atoms with Gasteiger partial charge in [0.1, 0.15) is 5.82 Å². The van der Waals surface area contributed by atoms with E-state index in [2.05, 4.69) is 20.1 Å². The summed E-state index contributed by atoms with van der Waals surface area (Å²) in [5, 5.41) is 13.6. The number of carbonyl (C=O) groups excluding carboxylic acids is 1. The molecule has 3 aromatic rings. The number of thiophene rings is 1. The number of aromatic nitrogens is 3. The highest BCUT2D eigenvalue weighted by molar-refractivity contribution is 7.12. The molecule has 1 amide bonds. The molecule has 25 heavy (non-hydrogen) atoms. The van der Waals surface area contributed by atoms with Crippen LogP contribution in [-0.4, -0.2) is 20.7 Å². The first-order valence-corrected chi connectivity index (χ1v) is 9.56. The molecule has 1 aliphatic heterocycles. The van der Waals surface area contributed by atoms with Crippen molar-refractivity contribution in [2.24, 2.45) is 0 Å². The molecule has 0 bridgehead atoms. The van der Waals surface area contributed by atoms with E-state index in [9.17, 15) is 4.79 Å². The van der Waals surface area contributed by atoms with Crippen LogP contribution in [0.25, 0.3) is 11.4 Å². The smallest absolute Gasteiger partial charge is 0.265 e. The number of hydrogen-bond donors (Lipinski definition) is 1. The number of amides is 1. The van der Waals surface area contributed by atoms with Gasteiger partial charge in [-0.05, 0) is 48.6 Å². The Morgan fingerprint density at radius 3 is 2.68 bits per heavy atom. The Morgan fingerprint density at radius 2 is 1.88 bits per heavy atom. The molecule has 4 rings (SSSR count). The molecule has 0 radical (unpaired) electrons. The van der Waals surface area contributed by atoms with Crippen molar-refractivity contribution in [2.45, 2.75) is 38.6 Å². The highest BCUT2D eigenvalue weighted by Gasteiger charge is 2.15. The zero-order valence-electron chi connectivity index (χ0n) is 13.9. The van der Waals surface area contributed by atoms with Crippen LogP contribution in [0.1, 0.15) is 41.2 Å². The fraction of sp³-hybridized carbons (Fsp3) is 0.316. The van der Waals surface area contributed by atoms with Crippen molar-refractivity contribution in [3.63, 3.8) is 0 Å². The van der Waals surface area contributed by atoms with Crippen molar-refractivity contribution in [1.82, 2.24) is 14.8 Å². The van der Waals surface area contributed by atoms with Gasteiger partial charge in [-0.2, -0.15) is 0 Å². The SMILES string of the molecule is O=C(Nc1ccc(-c2nnc3n2CCCCCC3)cc1)c1cccs1. The normalized spacial score (nSPS) is 14.4. The molecule has 2 aromatic heterocycles. The standard InChI is InChI=1S/C19H20N4OS/c24-19(16-6-5-13-25-16)20-15-10-8-14(9-11-15)18-22-21-17-7-3-1-2-4-12-23(17)18/h5-6,8-11,13H,1-4,7,12H2,(H,20,24). The van der Waals surface area contributed by atoms with Crippen LogP contribution in [-0.2, 0) is 13.0 Å². The van der Waals surface area contributed by atoms with Gasteiger partial charge in [-0.1, -0.05) is 18.9 Å². The first-order chi connectivity index (χ1) is 12.3. The van der Waals surface area contributed by atoms with Crippen LogP contribution in [0.3, 0.4) is 0 Å². The van der Waals surface area contributed by atoms with E-state index in [1.165, 1.54) is 37.0 Å². The first-order valence-electron chi connectivity index (χ1n) is 8.68. The van der Waals surface area contributed by atoms with Crippen molar-refractivity contribution < 1.29 is 4.79 Å². The highest BCUT2D eigenvalue weighted by Crippen LogP contribution is 2.24. The number of rotatable bonds is 3. The van der Waals surface area contributed by atoms with Gasteiger partial charge in [-0.15, -0.1) is 21.5 Å². The number of carbonyl (C=O) groups is 1. The fourth-order valence-corrected chi connectivity index (χ4v) is 3.80. The summed E-state index contributed by atoms with van der Waals surface area (Å²) in [6.07, 6.45) is 5.91. The van der Waals surface area contributed by atoms with Crippen molar-refractivity contribution in [1.29, 1.82) is 0 Å². The maximum Gasteiger partial charge on any atom is 0.265 e. The van der Waals surface area contributed by atoms with Gasteiger partial charge in [0.25, 0.3) is 5.91 Å². The molecule has 128 valence electrons. The molecular weight excluding hydrogens is 332 g/mol. The number of nitrogens with one attached hydrogen (secondary N) is 1. The largest absolute Gasteiger partial charge is 0.321 e. The van der Waals surface area contributed by atoms with E-state index in [-0.39, 0.29) is 5.91 Å². The second kappa shape index (κ2) is 7.19. The van der Waals surface area contributed by atoms with Crippen LogP contribution in [0.4, 0.5) is 5.69 Å². The Bertz CT molecular complexity index is 852. The van der Waals surface area contributed by atoms with Gasteiger partial charge < -0.3 is 9.88 Å². The lowest BCUT2D eigenvalue weighted by atomic mass is 10.1. The lowest BCUT2D eigenvalue weighted by molar-refractivity contribution is 0.103. The molecule has 0 aliphatic carbocycles. The van der Waals surface area contributed by atoms with Gasteiger partial charge in [-0.25, -0.2) is 0 Å². The van der Waals surface area contributed by atoms with Crippen molar-refractivity contribution in [3.8, 4) is 11.4 Å². The van der Waals surface area contributed by atoms with Crippen molar-refractivity contribution in [2.75, 3.05) is 5.32 Å². The maximum absolute atomic E-state index is 12.1. The predicted molar refractivity (Wildman–Crippen MR) is 99.9 cm³/mol. The Balaban J connectivity index is 1.53. The molecular formula is C19H20N4OS. The van der Waals surface area contributed by atoms with Crippen molar-refractivity contribution in [3.05, 3.63) is 52.5 Å². The average Bonchev–Trinajstić information content (AvgIpc) is 3.25. The quantitative estimate of drug-likeness (QED) is 0.761. The second-order valence-electron chi connectivity index (χ2n) is 6.26. The summed E-state index contributed by atoms with van der Waals surface area (Å²) in [6, 6.07) is 11.5. The van der Waals surface area contributed by atoms with Crippen LogP contribution in [0.5, 0.6) is 0 Å². The van der Waals surface area contributed by atoms with Crippen LogP contribution >= 0.6 is 11.3 Å². The molecule has 0 saturated heterocycles. The van der Waals surface area contributed by atoms with Crippen LogP contribution in [0, 0.1) is 0 Å². The highest BCUT2D eigenvalue weighted by atomic mass is 32.1. The Morgan fingerprint density at radius 1 is 1.04 bits per heavy atom. The average molecular weight is 352 g/mol. The maximum atomic E-state index is 12.1. The number of aryl methyl sites for hydroxylation is 1. The van der Waals surface area contributed by atoms with E-state index >= 15 is 0 Å². The predicted octanol–water partition coefficient (Wildman–Crippen LogP) is 4.38. The molecule has 5 nitrogen and oxygen atoms in total. The Kier molecular flexibility index (Phi) is 4.61. The molecule has 0 saturated carbocycles. The lowest BCUT2D eigenvalue weighted by Gasteiger charge is -2.13. The molecule has 6 heteroatoms. The van der Waals surface area contributed by atoms with Gasteiger partial charge >= 0.3 is 0 Å². The third-order valence-corrected chi connectivity index (χ3v) is 5.37. The summed E-state index contributed by atoms with van der Waals surface area (Å²) in [7, 11) is 0. The molecule has 1 aliphatic rings. The van der Waals surface area contributed by atoms with E-state index in [1.807, 2.05) is 41.8 Å². The third kappa shape index (κ3) is 3.49. The summed E-state index contributed by atoms with van der Waals surface area (Å²) in [6.45, 7) is 0.981.